The quantitative estimate of drug-likeness (QED) is 0.838. The average Bonchev–Trinajstić information content (AvgIpc) is 2.80. The zero-order chi connectivity index (χ0) is 12.4. The third-order valence-corrected chi connectivity index (χ3v) is 3.39. The van der Waals surface area contributed by atoms with Gasteiger partial charge < -0.3 is 10.0 Å². The Balaban J connectivity index is 2.17. The summed E-state index contributed by atoms with van der Waals surface area (Å²) in [6.07, 6.45) is 2.19. The van der Waals surface area contributed by atoms with Gasteiger partial charge in [-0.05, 0) is 12.5 Å². The molecule has 1 aromatic rings. The Hall–Kier alpha value is -0.840. The van der Waals surface area contributed by atoms with E-state index in [1.807, 2.05) is 0 Å². The molecule has 2 rings (SSSR count). The molecular formula is C11H12Cl2N2O2. The minimum Gasteiger partial charge on any atom is -0.396 e. The summed E-state index contributed by atoms with van der Waals surface area (Å²) >= 11 is 11.7. The van der Waals surface area contributed by atoms with Crippen molar-refractivity contribution in [2.45, 2.75) is 6.42 Å². The number of aromatic nitrogens is 1. The molecule has 6 heteroatoms. The zero-order valence-electron chi connectivity index (χ0n) is 9.07. The van der Waals surface area contributed by atoms with Crippen molar-refractivity contribution in [2.24, 2.45) is 5.92 Å². The maximum atomic E-state index is 12.2. The van der Waals surface area contributed by atoms with Gasteiger partial charge in [-0.15, -0.1) is 0 Å². The molecule has 17 heavy (non-hydrogen) atoms. The van der Waals surface area contributed by atoms with Crippen LogP contribution in [0.1, 0.15) is 16.8 Å². The summed E-state index contributed by atoms with van der Waals surface area (Å²) in [7, 11) is 0. The van der Waals surface area contributed by atoms with Crippen molar-refractivity contribution in [3.05, 3.63) is 28.0 Å². The Morgan fingerprint density at radius 2 is 2.35 bits per heavy atom. The van der Waals surface area contributed by atoms with Crippen LogP contribution in [0.2, 0.25) is 10.2 Å². The third-order valence-electron chi connectivity index (χ3n) is 2.88. The molecule has 0 radical (unpaired) electrons. The number of pyridine rings is 1. The number of amides is 1. The van der Waals surface area contributed by atoms with E-state index in [9.17, 15) is 4.79 Å². The van der Waals surface area contributed by atoms with E-state index in [4.69, 9.17) is 28.3 Å². The van der Waals surface area contributed by atoms with Crippen molar-refractivity contribution < 1.29 is 9.90 Å². The zero-order valence-corrected chi connectivity index (χ0v) is 10.6. The van der Waals surface area contributed by atoms with Crippen LogP contribution in [-0.2, 0) is 0 Å². The van der Waals surface area contributed by atoms with Crippen LogP contribution in [0.3, 0.4) is 0 Å². The van der Waals surface area contributed by atoms with Crippen LogP contribution >= 0.6 is 23.2 Å². The van der Waals surface area contributed by atoms with E-state index in [-0.39, 0.29) is 23.6 Å². The largest absolute Gasteiger partial charge is 0.396 e. The number of carbonyl (C=O) groups excluding carboxylic acids is 1. The molecule has 0 aliphatic carbocycles. The smallest absolute Gasteiger partial charge is 0.255 e. The Labute approximate surface area is 109 Å². The van der Waals surface area contributed by atoms with Gasteiger partial charge in [-0.1, -0.05) is 23.2 Å². The highest BCUT2D eigenvalue weighted by atomic mass is 35.5. The number of hydrogen-bond donors (Lipinski definition) is 1. The molecule has 1 aliphatic heterocycles. The molecule has 1 N–H and O–H groups in total. The molecule has 0 saturated carbocycles. The second kappa shape index (κ2) is 5.21. The van der Waals surface area contributed by atoms with Gasteiger partial charge >= 0.3 is 0 Å². The van der Waals surface area contributed by atoms with E-state index in [0.717, 1.165) is 6.42 Å². The number of rotatable bonds is 2. The van der Waals surface area contributed by atoms with E-state index in [0.29, 0.717) is 23.7 Å². The number of halogens is 2. The summed E-state index contributed by atoms with van der Waals surface area (Å²) < 4.78 is 0. The molecule has 0 spiro atoms. The number of likely N-dealkylation sites (tertiary alicyclic amines) is 1. The summed E-state index contributed by atoms with van der Waals surface area (Å²) in [6.45, 7) is 1.31. The predicted octanol–water partition coefficient (Wildman–Crippen LogP) is 1.84. The van der Waals surface area contributed by atoms with Crippen LogP contribution in [0.4, 0.5) is 0 Å². The van der Waals surface area contributed by atoms with Crippen molar-refractivity contribution in [3.8, 4) is 0 Å². The van der Waals surface area contributed by atoms with E-state index >= 15 is 0 Å². The number of nitrogens with zero attached hydrogens (tertiary/aromatic N) is 2. The van der Waals surface area contributed by atoms with E-state index in [1.165, 1.54) is 12.3 Å². The minimum absolute atomic E-state index is 0.106. The highest BCUT2D eigenvalue weighted by molar-refractivity contribution is 6.35. The van der Waals surface area contributed by atoms with Crippen LogP contribution in [0.25, 0.3) is 0 Å². The van der Waals surface area contributed by atoms with Gasteiger partial charge in [-0.2, -0.15) is 0 Å². The van der Waals surface area contributed by atoms with Gasteiger partial charge in [0.15, 0.2) is 0 Å². The van der Waals surface area contributed by atoms with Crippen LogP contribution < -0.4 is 0 Å². The Bertz CT molecular complexity index is 439. The van der Waals surface area contributed by atoms with Crippen LogP contribution in [0.15, 0.2) is 12.3 Å². The maximum absolute atomic E-state index is 12.2. The molecule has 0 bridgehead atoms. The Kier molecular flexibility index (Phi) is 3.86. The summed E-state index contributed by atoms with van der Waals surface area (Å²) in [5.41, 5.74) is 0.366. The van der Waals surface area contributed by atoms with Crippen molar-refractivity contribution in [1.29, 1.82) is 0 Å². The highest BCUT2D eigenvalue weighted by Crippen LogP contribution is 2.23. The fourth-order valence-electron chi connectivity index (χ4n) is 1.91. The molecule has 4 nitrogen and oxygen atoms in total. The van der Waals surface area contributed by atoms with Gasteiger partial charge in [0.1, 0.15) is 5.15 Å². The number of hydrogen-bond acceptors (Lipinski definition) is 3. The second-order valence-electron chi connectivity index (χ2n) is 4.08. The minimum atomic E-state index is -0.157. The molecule has 1 saturated heterocycles. The predicted molar refractivity (Wildman–Crippen MR) is 65.4 cm³/mol. The summed E-state index contributed by atoms with van der Waals surface area (Å²) in [5, 5.41) is 9.58. The van der Waals surface area contributed by atoms with Gasteiger partial charge in [0.25, 0.3) is 5.91 Å². The third kappa shape index (κ3) is 2.70. The standard InChI is InChI=1S/C11H12Cl2N2O2/c12-9-4-14-10(13)3-8(9)11(17)15-2-1-7(5-15)6-16/h3-4,7,16H,1-2,5-6H2. The lowest BCUT2D eigenvalue weighted by Gasteiger charge is -2.16. The first-order valence-corrected chi connectivity index (χ1v) is 6.08. The Morgan fingerprint density at radius 3 is 3.00 bits per heavy atom. The van der Waals surface area contributed by atoms with Crippen molar-refractivity contribution in [1.82, 2.24) is 9.88 Å². The fraction of sp³-hybridized carbons (Fsp3) is 0.455. The Morgan fingerprint density at radius 1 is 1.59 bits per heavy atom. The molecule has 92 valence electrons. The summed E-state index contributed by atoms with van der Waals surface area (Å²) in [4.78, 5) is 17.6. The van der Waals surface area contributed by atoms with Crippen LogP contribution in [-0.4, -0.2) is 40.6 Å². The van der Waals surface area contributed by atoms with E-state index < -0.39 is 0 Å². The van der Waals surface area contributed by atoms with Gasteiger partial charge in [-0.3, -0.25) is 4.79 Å². The van der Waals surface area contributed by atoms with Gasteiger partial charge in [0.05, 0.1) is 10.6 Å². The highest BCUT2D eigenvalue weighted by Gasteiger charge is 2.27. The number of aliphatic hydroxyl groups excluding tert-OH is 1. The second-order valence-corrected chi connectivity index (χ2v) is 4.87. The molecule has 1 aromatic heterocycles. The first kappa shape index (κ1) is 12.6. The molecule has 1 atom stereocenters. The molecule has 1 unspecified atom stereocenters. The SMILES string of the molecule is O=C(c1cc(Cl)ncc1Cl)N1CCC(CO)C1. The number of aliphatic hydroxyl groups is 1. The number of carbonyl (C=O) groups is 1. The van der Waals surface area contributed by atoms with E-state index in [2.05, 4.69) is 4.98 Å². The van der Waals surface area contributed by atoms with Crippen LogP contribution in [0, 0.1) is 5.92 Å². The van der Waals surface area contributed by atoms with Gasteiger partial charge in [-0.25, -0.2) is 4.98 Å². The fourth-order valence-corrected chi connectivity index (χ4v) is 2.26. The first-order chi connectivity index (χ1) is 8.11. The topological polar surface area (TPSA) is 53.4 Å². The lowest BCUT2D eigenvalue weighted by atomic mass is 10.1. The molecule has 2 heterocycles. The molecule has 0 aromatic carbocycles. The van der Waals surface area contributed by atoms with Gasteiger partial charge in [0, 0.05) is 31.8 Å². The molecule has 1 amide bonds. The maximum Gasteiger partial charge on any atom is 0.255 e. The van der Waals surface area contributed by atoms with Crippen molar-refractivity contribution in [2.75, 3.05) is 19.7 Å². The van der Waals surface area contributed by atoms with Crippen molar-refractivity contribution in [3.63, 3.8) is 0 Å². The van der Waals surface area contributed by atoms with Crippen LogP contribution in [0.5, 0.6) is 0 Å². The van der Waals surface area contributed by atoms with E-state index in [1.54, 1.807) is 4.90 Å². The molecule has 1 aliphatic rings. The van der Waals surface area contributed by atoms with Gasteiger partial charge in [0.2, 0.25) is 0 Å². The lowest BCUT2D eigenvalue weighted by molar-refractivity contribution is 0.0782. The monoisotopic (exact) mass is 274 g/mol. The summed E-state index contributed by atoms with van der Waals surface area (Å²) in [6, 6.07) is 1.47. The summed E-state index contributed by atoms with van der Waals surface area (Å²) in [5.74, 6) is 0.00489. The average molecular weight is 275 g/mol. The van der Waals surface area contributed by atoms with Crippen molar-refractivity contribution >= 4 is 29.1 Å². The lowest BCUT2D eigenvalue weighted by Crippen LogP contribution is -2.29. The normalized spacial score (nSPS) is 19.7. The molecular weight excluding hydrogens is 263 g/mol. The molecule has 1 fully saturated rings. The first-order valence-electron chi connectivity index (χ1n) is 5.33.